The molecular weight excluding hydrogens is 260 g/mol. The van der Waals surface area contributed by atoms with E-state index in [1.165, 1.54) is 0 Å². The summed E-state index contributed by atoms with van der Waals surface area (Å²) in [7, 11) is -0.877. The van der Waals surface area contributed by atoms with E-state index in [0.29, 0.717) is 5.75 Å². The van der Waals surface area contributed by atoms with Crippen LogP contribution in [0.2, 0.25) is 0 Å². The standard InChI is InChI=1S/C14H22N2O2S/c1-3-14(15)11-4-6-12(7-5-11)16(2)13-8-9-19(17,18)10-13/h4-7,13-14H,3,8-10,15H2,1-2H3/t13?,14-/m0/s1. The van der Waals surface area contributed by atoms with Crippen LogP contribution < -0.4 is 10.6 Å². The van der Waals surface area contributed by atoms with Crippen molar-refractivity contribution in [3.05, 3.63) is 29.8 Å². The molecule has 2 atom stereocenters. The highest BCUT2D eigenvalue weighted by Crippen LogP contribution is 2.24. The molecule has 0 radical (unpaired) electrons. The van der Waals surface area contributed by atoms with Gasteiger partial charge in [-0.05, 0) is 30.5 Å². The Labute approximate surface area is 115 Å². The molecule has 1 unspecified atom stereocenters. The molecule has 5 heteroatoms. The van der Waals surface area contributed by atoms with Gasteiger partial charge in [-0.15, -0.1) is 0 Å². The van der Waals surface area contributed by atoms with Gasteiger partial charge in [-0.25, -0.2) is 8.42 Å². The Kier molecular flexibility index (Phi) is 4.16. The minimum atomic E-state index is -2.84. The summed E-state index contributed by atoms with van der Waals surface area (Å²) in [4.78, 5) is 2.06. The molecule has 0 aromatic heterocycles. The monoisotopic (exact) mass is 282 g/mol. The Hall–Kier alpha value is -1.07. The van der Waals surface area contributed by atoms with Crippen LogP contribution in [0.25, 0.3) is 0 Å². The van der Waals surface area contributed by atoms with E-state index in [1.807, 2.05) is 31.3 Å². The van der Waals surface area contributed by atoms with E-state index in [1.54, 1.807) is 0 Å². The first-order valence-corrected chi connectivity index (χ1v) is 8.54. The average Bonchev–Trinajstić information content (AvgIpc) is 2.77. The maximum absolute atomic E-state index is 11.5. The number of anilines is 1. The molecule has 0 amide bonds. The van der Waals surface area contributed by atoms with Gasteiger partial charge in [0.05, 0.1) is 11.5 Å². The fourth-order valence-corrected chi connectivity index (χ4v) is 4.26. The van der Waals surface area contributed by atoms with Gasteiger partial charge in [0.1, 0.15) is 0 Å². The predicted octanol–water partition coefficient (Wildman–Crippen LogP) is 1.72. The Balaban J connectivity index is 2.10. The maximum atomic E-state index is 11.5. The molecular formula is C14H22N2O2S. The molecule has 0 spiro atoms. The lowest BCUT2D eigenvalue weighted by Gasteiger charge is -2.26. The molecule has 2 rings (SSSR count). The Morgan fingerprint density at radius 1 is 1.37 bits per heavy atom. The van der Waals surface area contributed by atoms with Gasteiger partial charge >= 0.3 is 0 Å². The van der Waals surface area contributed by atoms with Crippen LogP contribution >= 0.6 is 0 Å². The minimum Gasteiger partial charge on any atom is -0.371 e. The second-order valence-corrected chi connectivity index (χ2v) is 7.50. The first-order valence-electron chi connectivity index (χ1n) is 6.71. The van der Waals surface area contributed by atoms with Gasteiger partial charge in [0, 0.05) is 24.8 Å². The van der Waals surface area contributed by atoms with Crippen LogP contribution in [0.15, 0.2) is 24.3 Å². The smallest absolute Gasteiger partial charge is 0.152 e. The lowest BCUT2D eigenvalue weighted by molar-refractivity contribution is 0.601. The zero-order chi connectivity index (χ0) is 14.0. The fraction of sp³-hybridized carbons (Fsp3) is 0.571. The second kappa shape index (κ2) is 5.51. The van der Waals surface area contributed by atoms with Crippen LogP contribution in [0, 0.1) is 0 Å². The topological polar surface area (TPSA) is 63.4 Å². The molecule has 106 valence electrons. The van der Waals surface area contributed by atoms with E-state index in [2.05, 4.69) is 11.8 Å². The van der Waals surface area contributed by atoms with Crippen molar-refractivity contribution in [3.63, 3.8) is 0 Å². The summed E-state index contributed by atoms with van der Waals surface area (Å²) in [6, 6.07) is 8.28. The number of rotatable bonds is 4. The molecule has 1 aliphatic rings. The SMILES string of the molecule is CC[C@H](N)c1ccc(N(C)C2CCS(=O)(=O)C2)cc1. The van der Waals surface area contributed by atoms with Crippen LogP contribution in [0.4, 0.5) is 5.69 Å². The molecule has 1 heterocycles. The van der Waals surface area contributed by atoms with E-state index < -0.39 is 9.84 Å². The van der Waals surface area contributed by atoms with Gasteiger partial charge in [0.15, 0.2) is 9.84 Å². The average molecular weight is 282 g/mol. The lowest BCUT2D eigenvalue weighted by Crippen LogP contribution is -2.32. The van der Waals surface area contributed by atoms with Crippen molar-refractivity contribution in [1.82, 2.24) is 0 Å². The summed E-state index contributed by atoms with van der Waals surface area (Å²) in [6.07, 6.45) is 1.63. The van der Waals surface area contributed by atoms with E-state index in [4.69, 9.17) is 5.73 Å². The third-order valence-corrected chi connectivity index (χ3v) is 5.67. The van der Waals surface area contributed by atoms with Gasteiger partial charge in [-0.3, -0.25) is 0 Å². The molecule has 2 N–H and O–H groups in total. The molecule has 0 bridgehead atoms. The number of nitrogens with zero attached hydrogens (tertiary/aromatic N) is 1. The van der Waals surface area contributed by atoms with E-state index in [9.17, 15) is 8.42 Å². The molecule has 1 aliphatic heterocycles. The van der Waals surface area contributed by atoms with Crippen molar-refractivity contribution in [1.29, 1.82) is 0 Å². The molecule has 4 nitrogen and oxygen atoms in total. The molecule has 1 aromatic carbocycles. The summed E-state index contributed by atoms with van der Waals surface area (Å²) in [5.74, 6) is 0.570. The third-order valence-electron chi connectivity index (χ3n) is 3.92. The largest absolute Gasteiger partial charge is 0.371 e. The summed E-state index contributed by atoms with van der Waals surface area (Å²) < 4.78 is 23.0. The van der Waals surface area contributed by atoms with E-state index in [-0.39, 0.29) is 17.8 Å². The molecule has 0 saturated carbocycles. The van der Waals surface area contributed by atoms with Crippen molar-refractivity contribution in [2.24, 2.45) is 5.73 Å². The third kappa shape index (κ3) is 3.28. The van der Waals surface area contributed by atoms with Crippen LogP contribution in [0.5, 0.6) is 0 Å². The first-order chi connectivity index (χ1) is 8.93. The molecule has 19 heavy (non-hydrogen) atoms. The van der Waals surface area contributed by atoms with E-state index in [0.717, 1.165) is 24.1 Å². The van der Waals surface area contributed by atoms with Gasteiger partial charge < -0.3 is 10.6 Å². The van der Waals surface area contributed by atoms with Crippen LogP contribution in [-0.4, -0.2) is 33.0 Å². The van der Waals surface area contributed by atoms with Crippen molar-refractivity contribution in [2.75, 3.05) is 23.5 Å². The summed E-state index contributed by atoms with van der Waals surface area (Å²) in [5, 5.41) is 0. The van der Waals surface area contributed by atoms with Crippen LogP contribution in [0.1, 0.15) is 31.4 Å². The highest BCUT2D eigenvalue weighted by molar-refractivity contribution is 7.91. The first kappa shape index (κ1) is 14.3. The number of nitrogens with two attached hydrogens (primary N) is 1. The Morgan fingerprint density at radius 3 is 2.47 bits per heavy atom. The molecule has 1 aromatic rings. The Morgan fingerprint density at radius 2 is 2.00 bits per heavy atom. The van der Waals surface area contributed by atoms with Crippen molar-refractivity contribution >= 4 is 15.5 Å². The number of benzene rings is 1. The molecule has 1 saturated heterocycles. The van der Waals surface area contributed by atoms with Crippen molar-refractivity contribution in [2.45, 2.75) is 31.8 Å². The molecule has 1 fully saturated rings. The quantitative estimate of drug-likeness (QED) is 0.913. The van der Waals surface area contributed by atoms with Gasteiger partial charge in [-0.2, -0.15) is 0 Å². The summed E-state index contributed by atoms with van der Waals surface area (Å²) in [5.41, 5.74) is 8.16. The van der Waals surface area contributed by atoms with Gasteiger partial charge in [-0.1, -0.05) is 19.1 Å². The zero-order valence-corrected chi connectivity index (χ0v) is 12.4. The highest BCUT2D eigenvalue weighted by atomic mass is 32.2. The lowest BCUT2D eigenvalue weighted by atomic mass is 10.0. The highest BCUT2D eigenvalue weighted by Gasteiger charge is 2.30. The number of hydrogen-bond acceptors (Lipinski definition) is 4. The summed E-state index contributed by atoms with van der Waals surface area (Å²) in [6.45, 7) is 2.06. The number of sulfone groups is 1. The maximum Gasteiger partial charge on any atom is 0.152 e. The summed E-state index contributed by atoms with van der Waals surface area (Å²) >= 11 is 0. The number of hydrogen-bond donors (Lipinski definition) is 1. The van der Waals surface area contributed by atoms with Crippen LogP contribution in [-0.2, 0) is 9.84 Å². The zero-order valence-electron chi connectivity index (χ0n) is 11.5. The van der Waals surface area contributed by atoms with Gasteiger partial charge in [0.2, 0.25) is 0 Å². The predicted molar refractivity (Wildman–Crippen MR) is 79.1 cm³/mol. The van der Waals surface area contributed by atoms with Crippen molar-refractivity contribution in [3.8, 4) is 0 Å². The minimum absolute atomic E-state index is 0.0752. The van der Waals surface area contributed by atoms with Crippen molar-refractivity contribution < 1.29 is 8.42 Å². The van der Waals surface area contributed by atoms with Gasteiger partial charge in [0.25, 0.3) is 0 Å². The van der Waals surface area contributed by atoms with E-state index >= 15 is 0 Å². The fourth-order valence-electron chi connectivity index (χ4n) is 2.48. The normalized spacial score (nSPS) is 23.2. The van der Waals surface area contributed by atoms with Crippen LogP contribution in [0.3, 0.4) is 0 Å². The Bertz CT molecular complexity index is 525. The molecule has 0 aliphatic carbocycles. The second-order valence-electron chi connectivity index (χ2n) is 5.27.